The van der Waals surface area contributed by atoms with E-state index in [1.165, 1.54) is 5.56 Å². The Kier molecular flexibility index (Phi) is 2.23. The Morgan fingerprint density at radius 3 is 2.88 bits per heavy atom. The molecule has 3 saturated heterocycles. The summed E-state index contributed by atoms with van der Waals surface area (Å²) in [4.78, 5) is 0. The first-order chi connectivity index (χ1) is 8.42. The van der Waals surface area contributed by atoms with Crippen LogP contribution in [0, 0.1) is 0 Å². The lowest BCUT2D eigenvalue weighted by molar-refractivity contribution is -0.121. The Morgan fingerprint density at radius 1 is 1.12 bits per heavy atom. The molecule has 90 valence electrons. The maximum absolute atomic E-state index is 5.92. The van der Waals surface area contributed by atoms with Gasteiger partial charge in [-0.1, -0.05) is 30.3 Å². The van der Waals surface area contributed by atoms with Crippen molar-refractivity contribution in [2.75, 3.05) is 6.61 Å². The van der Waals surface area contributed by atoms with Gasteiger partial charge < -0.3 is 18.9 Å². The summed E-state index contributed by atoms with van der Waals surface area (Å²) in [7, 11) is 0. The van der Waals surface area contributed by atoms with Crippen LogP contribution >= 0.6 is 0 Å². The molecule has 1 aromatic rings. The van der Waals surface area contributed by atoms with Gasteiger partial charge in [-0.3, -0.25) is 0 Å². The van der Waals surface area contributed by atoms with Crippen molar-refractivity contribution in [3.05, 3.63) is 35.9 Å². The minimum atomic E-state index is -0.151. The highest BCUT2D eigenvalue weighted by Gasteiger charge is 2.62. The molecule has 0 spiro atoms. The van der Waals surface area contributed by atoms with Gasteiger partial charge in [0.15, 0.2) is 6.29 Å². The number of hydrogen-bond acceptors (Lipinski definition) is 4. The molecule has 3 aliphatic rings. The largest absolute Gasteiger partial charge is 0.368 e. The first-order valence-corrected chi connectivity index (χ1v) is 6.00. The first kappa shape index (κ1) is 10.0. The van der Waals surface area contributed by atoms with Gasteiger partial charge in [-0.15, -0.1) is 0 Å². The molecule has 0 saturated carbocycles. The van der Waals surface area contributed by atoms with Gasteiger partial charge in [-0.2, -0.15) is 0 Å². The molecule has 0 radical (unpaired) electrons. The third-order valence-corrected chi connectivity index (χ3v) is 3.54. The minimum absolute atomic E-state index is 0.0129. The summed E-state index contributed by atoms with van der Waals surface area (Å²) in [6.07, 6.45) is 0.160. The zero-order valence-corrected chi connectivity index (χ0v) is 9.32. The molecule has 0 N–H and O–H groups in total. The molecule has 3 heterocycles. The van der Waals surface area contributed by atoms with Gasteiger partial charge in [0, 0.05) is 0 Å². The number of hydrogen-bond donors (Lipinski definition) is 0. The quantitative estimate of drug-likeness (QED) is 0.734. The van der Waals surface area contributed by atoms with E-state index in [2.05, 4.69) is 12.1 Å². The molecule has 17 heavy (non-hydrogen) atoms. The van der Waals surface area contributed by atoms with Crippen molar-refractivity contribution in [3.8, 4) is 0 Å². The van der Waals surface area contributed by atoms with Crippen LogP contribution in [0.25, 0.3) is 0 Å². The van der Waals surface area contributed by atoms with E-state index in [0.717, 1.165) is 0 Å². The number of epoxide rings is 1. The van der Waals surface area contributed by atoms with Crippen molar-refractivity contribution in [2.24, 2.45) is 0 Å². The highest BCUT2D eigenvalue weighted by atomic mass is 16.8. The zero-order chi connectivity index (χ0) is 11.2. The predicted molar refractivity (Wildman–Crippen MR) is 58.3 cm³/mol. The van der Waals surface area contributed by atoms with E-state index in [1.54, 1.807) is 0 Å². The highest BCUT2D eigenvalue weighted by Crippen LogP contribution is 2.43. The molecule has 4 nitrogen and oxygen atoms in total. The SMILES string of the molecule is c1ccc(COC2C3COC(O3)C3OC23)cc1. The van der Waals surface area contributed by atoms with Crippen LogP contribution in [-0.4, -0.2) is 37.3 Å². The lowest BCUT2D eigenvalue weighted by atomic mass is 10.1. The van der Waals surface area contributed by atoms with Crippen LogP contribution in [0.5, 0.6) is 0 Å². The monoisotopic (exact) mass is 234 g/mol. The summed E-state index contributed by atoms with van der Waals surface area (Å²) in [5, 5.41) is 0. The van der Waals surface area contributed by atoms with Crippen molar-refractivity contribution in [1.29, 1.82) is 0 Å². The Morgan fingerprint density at radius 2 is 2.00 bits per heavy atom. The van der Waals surface area contributed by atoms with Crippen molar-refractivity contribution in [2.45, 2.75) is 37.3 Å². The van der Waals surface area contributed by atoms with E-state index in [-0.39, 0.29) is 30.7 Å². The second-order valence-electron chi connectivity index (χ2n) is 4.70. The molecule has 5 atom stereocenters. The lowest BCUT2D eigenvalue weighted by Gasteiger charge is -2.24. The molecular weight excluding hydrogens is 220 g/mol. The smallest absolute Gasteiger partial charge is 0.187 e. The second kappa shape index (κ2) is 3.78. The molecule has 3 fully saturated rings. The number of benzene rings is 1. The summed E-state index contributed by atoms with van der Waals surface area (Å²) < 4.78 is 22.6. The molecule has 0 amide bonds. The van der Waals surface area contributed by atoms with Crippen molar-refractivity contribution in [3.63, 3.8) is 0 Å². The molecule has 5 unspecified atom stereocenters. The van der Waals surface area contributed by atoms with E-state index in [9.17, 15) is 0 Å². The van der Waals surface area contributed by atoms with Crippen molar-refractivity contribution >= 4 is 0 Å². The van der Waals surface area contributed by atoms with E-state index in [0.29, 0.717) is 13.2 Å². The van der Waals surface area contributed by atoms with Crippen LogP contribution in [0.2, 0.25) is 0 Å². The Hall–Kier alpha value is -0.940. The summed E-state index contributed by atoms with van der Waals surface area (Å²) >= 11 is 0. The summed E-state index contributed by atoms with van der Waals surface area (Å²) in [6.45, 7) is 1.23. The van der Waals surface area contributed by atoms with Gasteiger partial charge in [0.05, 0.1) is 13.2 Å². The third kappa shape index (κ3) is 1.68. The fourth-order valence-corrected chi connectivity index (χ4v) is 2.58. The Bertz CT molecular complexity index is 407. The molecule has 2 bridgehead atoms. The standard InChI is InChI=1S/C13H14O4/c1-2-4-8(5-3-1)6-14-10-9-7-15-13(16-9)12-11(10)17-12/h1-5,9-13H,6-7H2. The maximum atomic E-state index is 5.92. The normalized spacial score (nSPS) is 42.2. The van der Waals surface area contributed by atoms with E-state index < -0.39 is 0 Å². The van der Waals surface area contributed by atoms with Gasteiger partial charge >= 0.3 is 0 Å². The first-order valence-electron chi connectivity index (χ1n) is 6.00. The Balaban J connectivity index is 1.43. The molecule has 0 aliphatic carbocycles. The highest BCUT2D eigenvalue weighted by molar-refractivity contribution is 5.14. The fourth-order valence-electron chi connectivity index (χ4n) is 2.58. The number of fused-ring (bicyclic) bond motifs is 4. The van der Waals surface area contributed by atoms with Gasteiger partial charge in [-0.05, 0) is 5.56 Å². The molecule has 4 rings (SSSR count). The topological polar surface area (TPSA) is 40.2 Å². The summed E-state index contributed by atoms with van der Waals surface area (Å²) in [6, 6.07) is 10.1. The number of rotatable bonds is 3. The van der Waals surface area contributed by atoms with Crippen LogP contribution < -0.4 is 0 Å². The minimum Gasteiger partial charge on any atom is -0.368 e. The van der Waals surface area contributed by atoms with E-state index in [1.807, 2.05) is 18.2 Å². The van der Waals surface area contributed by atoms with Gasteiger partial charge in [0.2, 0.25) is 0 Å². The van der Waals surface area contributed by atoms with Gasteiger partial charge in [0.25, 0.3) is 0 Å². The molecule has 0 aromatic heterocycles. The summed E-state index contributed by atoms with van der Waals surface area (Å²) in [5.74, 6) is 0. The molecular formula is C13H14O4. The van der Waals surface area contributed by atoms with Crippen LogP contribution in [0.15, 0.2) is 30.3 Å². The zero-order valence-electron chi connectivity index (χ0n) is 9.32. The van der Waals surface area contributed by atoms with Crippen molar-refractivity contribution < 1.29 is 18.9 Å². The average Bonchev–Trinajstić information content (AvgIpc) is 3.05. The second-order valence-corrected chi connectivity index (χ2v) is 4.70. The maximum Gasteiger partial charge on any atom is 0.187 e. The molecule has 1 aromatic carbocycles. The van der Waals surface area contributed by atoms with E-state index in [4.69, 9.17) is 18.9 Å². The summed E-state index contributed by atoms with van der Waals surface area (Å²) in [5.41, 5.74) is 1.17. The van der Waals surface area contributed by atoms with Crippen LogP contribution in [0.4, 0.5) is 0 Å². The third-order valence-electron chi connectivity index (χ3n) is 3.54. The fraction of sp³-hybridized carbons (Fsp3) is 0.538. The Labute approximate surface area is 99.4 Å². The molecule has 4 heteroatoms. The lowest BCUT2D eigenvalue weighted by Crippen LogP contribution is -2.41. The van der Waals surface area contributed by atoms with Crippen LogP contribution in [0.3, 0.4) is 0 Å². The van der Waals surface area contributed by atoms with Crippen molar-refractivity contribution in [1.82, 2.24) is 0 Å². The molecule has 3 aliphatic heterocycles. The van der Waals surface area contributed by atoms with Crippen LogP contribution in [0.1, 0.15) is 5.56 Å². The number of ether oxygens (including phenoxy) is 4. The average molecular weight is 234 g/mol. The van der Waals surface area contributed by atoms with Gasteiger partial charge in [0.1, 0.15) is 24.4 Å². The van der Waals surface area contributed by atoms with E-state index >= 15 is 0 Å². The van der Waals surface area contributed by atoms with Crippen LogP contribution in [-0.2, 0) is 25.6 Å². The van der Waals surface area contributed by atoms with Gasteiger partial charge in [-0.25, -0.2) is 0 Å². The predicted octanol–water partition coefficient (Wildman–Crippen LogP) is 1.09.